The average Bonchev–Trinajstić information content (AvgIpc) is 2.77. The molecule has 1 fully saturated rings. The molecular weight excluding hydrogens is 226 g/mol. The van der Waals surface area contributed by atoms with Gasteiger partial charge >= 0.3 is 0 Å². The zero-order chi connectivity index (χ0) is 13.0. The lowest BCUT2D eigenvalue weighted by atomic mass is 10.0. The molecule has 1 aliphatic rings. The first kappa shape index (κ1) is 13.1. The van der Waals surface area contributed by atoms with E-state index in [1.54, 1.807) is 11.9 Å². The Bertz CT molecular complexity index is 396. The number of rotatable bonds is 4. The Morgan fingerprint density at radius 2 is 1.89 bits per heavy atom. The molecular formula is C15H21NO2. The number of benzene rings is 1. The van der Waals surface area contributed by atoms with E-state index in [0.29, 0.717) is 13.0 Å². The third-order valence-electron chi connectivity index (χ3n) is 3.69. The highest BCUT2D eigenvalue weighted by Gasteiger charge is 2.33. The second-order valence-corrected chi connectivity index (χ2v) is 5.34. The van der Waals surface area contributed by atoms with Crippen LogP contribution < -0.4 is 0 Å². The molecule has 1 aromatic rings. The molecule has 98 valence electrons. The van der Waals surface area contributed by atoms with Crippen molar-refractivity contribution in [3.05, 3.63) is 35.9 Å². The van der Waals surface area contributed by atoms with Crippen LogP contribution in [-0.4, -0.2) is 35.1 Å². The molecule has 3 nitrogen and oxygen atoms in total. The van der Waals surface area contributed by atoms with Crippen LogP contribution in [-0.2, 0) is 11.2 Å². The predicted molar refractivity (Wildman–Crippen MR) is 71.2 cm³/mol. The molecule has 3 heteroatoms. The van der Waals surface area contributed by atoms with Gasteiger partial charge in [0.25, 0.3) is 0 Å². The van der Waals surface area contributed by atoms with E-state index in [4.69, 9.17) is 0 Å². The Balaban J connectivity index is 1.89. The molecule has 0 heterocycles. The van der Waals surface area contributed by atoms with Crippen LogP contribution in [0.3, 0.4) is 0 Å². The summed E-state index contributed by atoms with van der Waals surface area (Å²) in [6, 6.07) is 9.73. The summed E-state index contributed by atoms with van der Waals surface area (Å²) in [6.07, 6.45) is 4.17. The fourth-order valence-electron chi connectivity index (χ4n) is 2.63. The third kappa shape index (κ3) is 3.33. The van der Waals surface area contributed by atoms with Crippen LogP contribution in [0.4, 0.5) is 0 Å². The van der Waals surface area contributed by atoms with Gasteiger partial charge in [-0.3, -0.25) is 4.79 Å². The minimum Gasteiger partial charge on any atom is -0.388 e. The van der Waals surface area contributed by atoms with Crippen molar-refractivity contribution in [2.45, 2.75) is 37.7 Å². The first-order valence-corrected chi connectivity index (χ1v) is 6.59. The molecule has 0 aromatic heterocycles. The molecule has 0 bridgehead atoms. The normalized spacial score (nSPS) is 17.7. The average molecular weight is 247 g/mol. The summed E-state index contributed by atoms with van der Waals surface area (Å²) in [6.45, 7) is 0.457. The summed E-state index contributed by atoms with van der Waals surface area (Å²) in [5, 5.41) is 10.3. The van der Waals surface area contributed by atoms with E-state index < -0.39 is 5.60 Å². The van der Waals surface area contributed by atoms with Crippen molar-refractivity contribution in [1.29, 1.82) is 0 Å². The summed E-state index contributed by atoms with van der Waals surface area (Å²) in [4.78, 5) is 13.7. The summed E-state index contributed by atoms with van der Waals surface area (Å²) in [7, 11) is 1.78. The van der Waals surface area contributed by atoms with Crippen molar-refractivity contribution in [1.82, 2.24) is 4.90 Å². The third-order valence-corrected chi connectivity index (χ3v) is 3.69. The zero-order valence-corrected chi connectivity index (χ0v) is 10.9. The number of amides is 1. The van der Waals surface area contributed by atoms with Gasteiger partial charge < -0.3 is 10.0 Å². The van der Waals surface area contributed by atoms with Crippen molar-refractivity contribution >= 4 is 5.91 Å². The topological polar surface area (TPSA) is 40.5 Å². The molecule has 0 spiro atoms. The minimum absolute atomic E-state index is 0.0709. The molecule has 0 aliphatic heterocycles. The fraction of sp³-hybridized carbons (Fsp3) is 0.533. The number of carbonyl (C=O) groups is 1. The van der Waals surface area contributed by atoms with Gasteiger partial charge in [0.05, 0.1) is 12.0 Å². The van der Waals surface area contributed by atoms with Gasteiger partial charge in [-0.1, -0.05) is 43.2 Å². The van der Waals surface area contributed by atoms with Gasteiger partial charge in [-0.2, -0.15) is 0 Å². The molecule has 2 rings (SSSR count). The summed E-state index contributed by atoms with van der Waals surface area (Å²) >= 11 is 0. The van der Waals surface area contributed by atoms with Crippen molar-refractivity contribution in [3.8, 4) is 0 Å². The molecule has 0 radical (unpaired) electrons. The number of likely N-dealkylation sites (N-methyl/N-ethyl adjacent to an activating group) is 1. The Morgan fingerprint density at radius 3 is 2.50 bits per heavy atom. The van der Waals surface area contributed by atoms with Crippen molar-refractivity contribution in [3.63, 3.8) is 0 Å². The number of nitrogens with zero attached hydrogens (tertiary/aromatic N) is 1. The van der Waals surface area contributed by atoms with Crippen LogP contribution >= 0.6 is 0 Å². The zero-order valence-electron chi connectivity index (χ0n) is 10.9. The lowest BCUT2D eigenvalue weighted by molar-refractivity contribution is -0.132. The van der Waals surface area contributed by atoms with Crippen molar-refractivity contribution in [2.24, 2.45) is 0 Å². The molecule has 18 heavy (non-hydrogen) atoms. The van der Waals surface area contributed by atoms with Crippen LogP contribution in [0.25, 0.3) is 0 Å². The van der Waals surface area contributed by atoms with Gasteiger partial charge in [0.1, 0.15) is 0 Å². The van der Waals surface area contributed by atoms with Gasteiger partial charge in [-0.15, -0.1) is 0 Å². The largest absolute Gasteiger partial charge is 0.388 e. The number of aliphatic hydroxyl groups is 1. The van der Waals surface area contributed by atoms with E-state index in [2.05, 4.69) is 0 Å². The van der Waals surface area contributed by atoms with Crippen molar-refractivity contribution in [2.75, 3.05) is 13.6 Å². The van der Waals surface area contributed by atoms with E-state index in [1.165, 1.54) is 0 Å². The highest BCUT2D eigenvalue weighted by molar-refractivity contribution is 5.78. The van der Waals surface area contributed by atoms with E-state index in [0.717, 1.165) is 31.2 Å². The smallest absolute Gasteiger partial charge is 0.226 e. The van der Waals surface area contributed by atoms with E-state index in [1.807, 2.05) is 30.3 Å². The van der Waals surface area contributed by atoms with Gasteiger partial charge in [-0.25, -0.2) is 0 Å². The van der Waals surface area contributed by atoms with Crippen molar-refractivity contribution < 1.29 is 9.90 Å². The second-order valence-electron chi connectivity index (χ2n) is 5.34. The molecule has 1 aromatic carbocycles. The summed E-state index contributed by atoms with van der Waals surface area (Å²) in [5.41, 5.74) is 0.369. The SMILES string of the molecule is CN(CC1(O)CCCC1)C(=O)Cc1ccccc1. The predicted octanol–water partition coefficient (Wildman–Crippen LogP) is 1.99. The van der Waals surface area contributed by atoms with Gasteiger partial charge in [-0.05, 0) is 18.4 Å². The molecule has 1 saturated carbocycles. The van der Waals surface area contributed by atoms with Crippen LogP contribution in [0, 0.1) is 0 Å². The van der Waals surface area contributed by atoms with Gasteiger partial charge in [0.2, 0.25) is 5.91 Å². The maximum atomic E-state index is 12.1. The lowest BCUT2D eigenvalue weighted by Gasteiger charge is -2.28. The van der Waals surface area contributed by atoms with E-state index in [9.17, 15) is 9.90 Å². The highest BCUT2D eigenvalue weighted by atomic mass is 16.3. The first-order valence-electron chi connectivity index (χ1n) is 6.59. The minimum atomic E-state index is -0.652. The summed E-state index contributed by atoms with van der Waals surface area (Å²) < 4.78 is 0. The standard InChI is InChI=1S/C15H21NO2/c1-16(12-15(18)9-5-6-10-15)14(17)11-13-7-3-2-4-8-13/h2-4,7-8,18H,5-6,9-12H2,1H3. The Hall–Kier alpha value is -1.35. The maximum absolute atomic E-state index is 12.1. The van der Waals surface area contributed by atoms with Crippen LogP contribution in [0.5, 0.6) is 0 Å². The highest BCUT2D eigenvalue weighted by Crippen LogP contribution is 2.29. The number of hydrogen-bond acceptors (Lipinski definition) is 2. The number of carbonyl (C=O) groups excluding carboxylic acids is 1. The molecule has 1 N–H and O–H groups in total. The van der Waals surface area contributed by atoms with E-state index >= 15 is 0 Å². The monoisotopic (exact) mass is 247 g/mol. The molecule has 0 unspecified atom stereocenters. The van der Waals surface area contributed by atoms with Gasteiger partial charge in [0, 0.05) is 13.6 Å². The molecule has 1 aliphatic carbocycles. The fourth-order valence-corrected chi connectivity index (χ4v) is 2.63. The van der Waals surface area contributed by atoms with Crippen LogP contribution in [0.1, 0.15) is 31.2 Å². The number of hydrogen-bond donors (Lipinski definition) is 1. The summed E-state index contributed by atoms with van der Waals surface area (Å²) in [5.74, 6) is 0.0709. The maximum Gasteiger partial charge on any atom is 0.226 e. The molecule has 1 amide bonds. The second kappa shape index (κ2) is 5.53. The lowest BCUT2D eigenvalue weighted by Crippen LogP contribution is -2.42. The quantitative estimate of drug-likeness (QED) is 0.884. The first-order chi connectivity index (χ1) is 8.59. The Labute approximate surface area is 108 Å². The van der Waals surface area contributed by atoms with Gasteiger partial charge in [0.15, 0.2) is 0 Å². The van der Waals surface area contributed by atoms with Crippen LogP contribution in [0.15, 0.2) is 30.3 Å². The molecule has 0 atom stereocenters. The Kier molecular flexibility index (Phi) is 4.02. The Morgan fingerprint density at radius 1 is 1.28 bits per heavy atom. The van der Waals surface area contributed by atoms with Crippen LogP contribution in [0.2, 0.25) is 0 Å². The van der Waals surface area contributed by atoms with E-state index in [-0.39, 0.29) is 5.91 Å². The molecule has 0 saturated heterocycles.